The van der Waals surface area contributed by atoms with Gasteiger partial charge in [-0.3, -0.25) is 0 Å². The molecule has 1 fully saturated rings. The number of rotatable bonds is 1. The number of hydrogen-bond acceptors (Lipinski definition) is 3. The lowest BCUT2D eigenvalue weighted by atomic mass is 9.99. The van der Waals surface area contributed by atoms with Crippen molar-refractivity contribution in [1.29, 1.82) is 0 Å². The fourth-order valence-corrected chi connectivity index (χ4v) is 1.82. The Bertz CT molecular complexity index is 306. The highest BCUT2D eigenvalue weighted by atomic mass is 16.6. The van der Waals surface area contributed by atoms with Crippen LogP contribution in [0.1, 0.15) is 40.5 Å². The van der Waals surface area contributed by atoms with Crippen LogP contribution in [0.15, 0.2) is 0 Å². The summed E-state index contributed by atoms with van der Waals surface area (Å²) in [5, 5.41) is 3.37. The maximum atomic E-state index is 11.4. The molecule has 0 radical (unpaired) electrons. The molecule has 16 heavy (non-hydrogen) atoms. The monoisotopic (exact) mass is 223 g/mol. The minimum atomic E-state index is -0.455. The predicted octanol–water partition coefficient (Wildman–Crippen LogP) is 1.72. The van der Waals surface area contributed by atoms with Crippen molar-refractivity contribution in [3.05, 3.63) is 0 Å². The van der Waals surface area contributed by atoms with E-state index < -0.39 is 11.6 Å². The minimum Gasteiger partial charge on any atom is -0.450 e. The van der Waals surface area contributed by atoms with Gasteiger partial charge in [-0.15, -0.1) is 0 Å². The third-order valence-corrected chi connectivity index (χ3v) is 2.55. The molecule has 0 aromatic heterocycles. The predicted molar refractivity (Wildman–Crippen MR) is 63.8 cm³/mol. The van der Waals surface area contributed by atoms with Gasteiger partial charge in [0.05, 0.1) is 0 Å². The van der Waals surface area contributed by atoms with Crippen LogP contribution in [0.4, 0.5) is 0 Å². The summed E-state index contributed by atoms with van der Waals surface area (Å²) >= 11 is 0. The summed E-state index contributed by atoms with van der Waals surface area (Å²) in [6.07, 6.45) is 2.07. The third-order valence-electron chi connectivity index (χ3n) is 2.55. The van der Waals surface area contributed by atoms with Gasteiger partial charge in [-0.05, 0) is 40.2 Å². The molecule has 0 aromatic rings. The topological polar surface area (TPSA) is 38.3 Å². The van der Waals surface area contributed by atoms with Crippen LogP contribution < -0.4 is 5.32 Å². The Morgan fingerprint density at radius 1 is 1.50 bits per heavy atom. The van der Waals surface area contributed by atoms with Crippen LogP contribution in [0.25, 0.3) is 0 Å². The van der Waals surface area contributed by atoms with Crippen molar-refractivity contribution in [1.82, 2.24) is 5.32 Å². The number of carbonyl (C=O) groups excluding carboxylic acids is 1. The average molecular weight is 223 g/mol. The van der Waals surface area contributed by atoms with Crippen molar-refractivity contribution in [2.45, 2.75) is 52.2 Å². The van der Waals surface area contributed by atoms with Crippen LogP contribution in [0.2, 0.25) is 0 Å². The van der Waals surface area contributed by atoms with Gasteiger partial charge in [0.15, 0.2) is 0 Å². The second-order valence-electron chi connectivity index (χ2n) is 5.14. The first-order valence-electron chi connectivity index (χ1n) is 5.90. The second kappa shape index (κ2) is 5.36. The molecule has 0 amide bonds. The highest BCUT2D eigenvalue weighted by molar-refractivity contribution is 5.88. The zero-order chi connectivity index (χ0) is 12.2. The zero-order valence-electron chi connectivity index (χ0n) is 10.6. The Balaban J connectivity index is 2.50. The molecule has 1 aliphatic rings. The standard InChI is InChI=1S/C13H21NO2/c1-5-11-10(8-9-14-11)6-7-12(15)16-13(2,3)4/h10-11,14H,5,8-9H2,1-4H3. The van der Waals surface area contributed by atoms with Gasteiger partial charge in [0.1, 0.15) is 5.60 Å². The summed E-state index contributed by atoms with van der Waals surface area (Å²) in [4.78, 5) is 11.4. The second-order valence-corrected chi connectivity index (χ2v) is 5.14. The van der Waals surface area contributed by atoms with Crippen molar-refractivity contribution in [3.63, 3.8) is 0 Å². The lowest BCUT2D eigenvalue weighted by molar-refractivity contribution is -0.147. The summed E-state index contributed by atoms with van der Waals surface area (Å²) in [6.45, 7) is 8.66. The summed E-state index contributed by atoms with van der Waals surface area (Å²) in [5.74, 6) is 5.48. The van der Waals surface area contributed by atoms with E-state index in [0.29, 0.717) is 6.04 Å². The van der Waals surface area contributed by atoms with Gasteiger partial charge in [0.2, 0.25) is 0 Å². The van der Waals surface area contributed by atoms with Crippen molar-refractivity contribution >= 4 is 5.97 Å². The molecule has 0 spiro atoms. The number of esters is 1. The minimum absolute atomic E-state index is 0.289. The van der Waals surface area contributed by atoms with E-state index in [1.807, 2.05) is 20.8 Å². The van der Waals surface area contributed by atoms with E-state index >= 15 is 0 Å². The van der Waals surface area contributed by atoms with Crippen molar-refractivity contribution < 1.29 is 9.53 Å². The largest absolute Gasteiger partial charge is 0.450 e. The van der Waals surface area contributed by atoms with E-state index in [1.165, 1.54) is 0 Å². The van der Waals surface area contributed by atoms with Crippen molar-refractivity contribution in [3.8, 4) is 11.8 Å². The van der Waals surface area contributed by atoms with Crippen LogP contribution in [0, 0.1) is 17.8 Å². The molecule has 90 valence electrons. The molecule has 0 aromatic carbocycles. The van der Waals surface area contributed by atoms with Crippen LogP contribution >= 0.6 is 0 Å². The summed E-state index contributed by atoms with van der Waals surface area (Å²) in [6, 6.07) is 0.426. The lowest BCUT2D eigenvalue weighted by Gasteiger charge is -2.17. The number of hydrogen-bond donors (Lipinski definition) is 1. The molecular formula is C13H21NO2. The van der Waals surface area contributed by atoms with E-state index in [2.05, 4.69) is 24.1 Å². The quantitative estimate of drug-likeness (QED) is 0.418. The maximum absolute atomic E-state index is 11.4. The summed E-state index contributed by atoms with van der Waals surface area (Å²) < 4.78 is 5.13. The number of nitrogens with one attached hydrogen (secondary N) is 1. The highest BCUT2D eigenvalue weighted by Gasteiger charge is 2.23. The molecule has 1 aliphatic heterocycles. The number of ether oxygens (including phenoxy) is 1. The van der Waals surface area contributed by atoms with Gasteiger partial charge >= 0.3 is 5.97 Å². The normalized spacial score (nSPS) is 24.8. The molecule has 1 heterocycles. The fourth-order valence-electron chi connectivity index (χ4n) is 1.82. The molecule has 3 heteroatoms. The molecule has 3 nitrogen and oxygen atoms in total. The molecular weight excluding hydrogens is 202 g/mol. The first-order chi connectivity index (χ1) is 7.42. The lowest BCUT2D eigenvalue weighted by Crippen LogP contribution is -2.25. The van der Waals surface area contributed by atoms with Crippen LogP contribution in [-0.2, 0) is 9.53 Å². The summed E-state index contributed by atoms with van der Waals surface area (Å²) in [7, 11) is 0. The molecule has 1 rings (SSSR count). The number of carbonyl (C=O) groups is 1. The van der Waals surface area contributed by atoms with Crippen LogP contribution in [0.3, 0.4) is 0 Å². The fraction of sp³-hybridized carbons (Fsp3) is 0.769. The Labute approximate surface area is 97.9 Å². The van der Waals surface area contributed by atoms with Crippen LogP contribution in [0.5, 0.6) is 0 Å². The molecule has 0 bridgehead atoms. The Kier molecular flexibility index (Phi) is 4.37. The Hall–Kier alpha value is -1.01. The Morgan fingerprint density at radius 3 is 2.75 bits per heavy atom. The SMILES string of the molecule is CCC1NCCC1C#CC(=O)OC(C)(C)C. The molecule has 0 saturated carbocycles. The molecule has 0 aliphatic carbocycles. The molecule has 2 atom stereocenters. The van der Waals surface area contributed by atoms with Gasteiger partial charge in [0.25, 0.3) is 0 Å². The maximum Gasteiger partial charge on any atom is 0.384 e. The van der Waals surface area contributed by atoms with Crippen molar-refractivity contribution in [2.75, 3.05) is 6.54 Å². The van der Waals surface area contributed by atoms with Crippen molar-refractivity contribution in [2.24, 2.45) is 5.92 Å². The first-order valence-corrected chi connectivity index (χ1v) is 5.90. The molecule has 1 N–H and O–H groups in total. The van der Waals surface area contributed by atoms with Gasteiger partial charge in [-0.2, -0.15) is 0 Å². The van der Waals surface area contributed by atoms with Gasteiger partial charge in [0, 0.05) is 17.9 Å². The highest BCUT2D eigenvalue weighted by Crippen LogP contribution is 2.16. The smallest absolute Gasteiger partial charge is 0.384 e. The zero-order valence-corrected chi connectivity index (χ0v) is 10.6. The van der Waals surface area contributed by atoms with Gasteiger partial charge in [-0.1, -0.05) is 12.8 Å². The van der Waals surface area contributed by atoms with E-state index in [0.717, 1.165) is 19.4 Å². The molecule has 2 unspecified atom stereocenters. The first kappa shape index (κ1) is 13.1. The molecule has 1 saturated heterocycles. The third kappa shape index (κ3) is 4.24. The average Bonchev–Trinajstić information content (AvgIpc) is 2.59. The Morgan fingerprint density at radius 2 is 2.19 bits per heavy atom. The van der Waals surface area contributed by atoms with E-state index in [9.17, 15) is 4.79 Å². The van der Waals surface area contributed by atoms with E-state index in [4.69, 9.17) is 4.74 Å². The van der Waals surface area contributed by atoms with Gasteiger partial charge < -0.3 is 10.1 Å². The van der Waals surface area contributed by atoms with Gasteiger partial charge in [-0.25, -0.2) is 4.79 Å². The summed E-state index contributed by atoms with van der Waals surface area (Å²) in [5.41, 5.74) is -0.455. The van der Waals surface area contributed by atoms with E-state index in [1.54, 1.807) is 0 Å². The van der Waals surface area contributed by atoms with Crippen LogP contribution in [-0.4, -0.2) is 24.2 Å². The van der Waals surface area contributed by atoms with E-state index in [-0.39, 0.29) is 5.92 Å².